The molecule has 2 aromatic carbocycles. The fourth-order valence-electron chi connectivity index (χ4n) is 3.99. The van der Waals surface area contributed by atoms with Crippen molar-refractivity contribution in [2.75, 3.05) is 13.2 Å². The highest BCUT2D eigenvalue weighted by atomic mass is 16.7. The monoisotopic (exact) mass is 333 g/mol. The molecule has 3 aliphatic rings. The Kier molecular flexibility index (Phi) is 3.22. The van der Waals surface area contributed by atoms with Crippen LogP contribution >= 0.6 is 0 Å². The summed E-state index contributed by atoms with van der Waals surface area (Å²) in [7, 11) is 0. The van der Waals surface area contributed by atoms with E-state index in [0.717, 1.165) is 30.3 Å². The van der Waals surface area contributed by atoms with Gasteiger partial charge in [-0.2, -0.15) is 0 Å². The normalized spacial score (nSPS) is 29.6. The highest BCUT2D eigenvalue weighted by Gasteiger charge is 2.52. The lowest BCUT2D eigenvalue weighted by Gasteiger charge is -2.39. The highest BCUT2D eigenvalue weighted by Crippen LogP contribution is 2.37. The molecule has 0 N–H and O–H groups in total. The third kappa shape index (κ3) is 2.29. The van der Waals surface area contributed by atoms with Crippen LogP contribution in [0.4, 0.5) is 0 Å². The third-order valence-corrected chi connectivity index (χ3v) is 5.28. The quantitative estimate of drug-likeness (QED) is 0.802. The Morgan fingerprint density at radius 2 is 2.04 bits per heavy atom. The Hall–Kier alpha value is -2.59. The maximum absolute atomic E-state index is 12.8. The average Bonchev–Trinajstić information content (AvgIpc) is 3.27. The molecule has 0 saturated carbocycles. The van der Waals surface area contributed by atoms with E-state index >= 15 is 0 Å². The van der Waals surface area contributed by atoms with E-state index in [1.54, 1.807) is 6.08 Å². The molecule has 25 heavy (non-hydrogen) atoms. The van der Waals surface area contributed by atoms with Gasteiger partial charge in [0, 0.05) is 12.6 Å². The summed E-state index contributed by atoms with van der Waals surface area (Å²) >= 11 is 0. The lowest BCUT2D eigenvalue weighted by Crippen LogP contribution is -2.58. The summed E-state index contributed by atoms with van der Waals surface area (Å²) in [6.45, 7) is 1.34. The van der Waals surface area contributed by atoms with Crippen LogP contribution in [0, 0.1) is 0 Å². The molecule has 0 bridgehead atoms. The molecule has 3 heterocycles. The van der Waals surface area contributed by atoms with E-state index in [9.17, 15) is 4.79 Å². The molecule has 2 fully saturated rings. The number of morpholine rings is 1. The van der Waals surface area contributed by atoms with Crippen molar-refractivity contribution in [3.8, 4) is 0 Å². The lowest BCUT2D eigenvalue weighted by atomic mass is 10.0. The van der Waals surface area contributed by atoms with Crippen molar-refractivity contribution in [1.82, 2.24) is 4.90 Å². The van der Waals surface area contributed by atoms with Crippen molar-refractivity contribution in [3.63, 3.8) is 0 Å². The molecule has 126 valence electrons. The van der Waals surface area contributed by atoms with Crippen LogP contribution in [0.1, 0.15) is 18.4 Å². The van der Waals surface area contributed by atoms with Crippen molar-refractivity contribution in [3.05, 3.63) is 65.9 Å². The molecule has 2 saturated heterocycles. The minimum atomic E-state index is -1.27. The second kappa shape index (κ2) is 5.46. The van der Waals surface area contributed by atoms with Gasteiger partial charge in [-0.15, -0.1) is 0 Å². The predicted molar refractivity (Wildman–Crippen MR) is 95.6 cm³/mol. The Morgan fingerprint density at radius 1 is 1.16 bits per heavy atom. The Labute approximate surface area is 146 Å². The first kappa shape index (κ1) is 14.7. The maximum atomic E-state index is 12.8. The second-order valence-electron chi connectivity index (χ2n) is 6.82. The molecule has 2 atom stereocenters. The molecule has 4 heteroatoms. The van der Waals surface area contributed by atoms with Gasteiger partial charge in [0.2, 0.25) is 0 Å². The third-order valence-electron chi connectivity index (χ3n) is 5.28. The van der Waals surface area contributed by atoms with Gasteiger partial charge in [-0.3, -0.25) is 4.79 Å². The summed E-state index contributed by atoms with van der Waals surface area (Å²) in [6, 6.07) is 14.6. The number of amides is 1. The zero-order valence-corrected chi connectivity index (χ0v) is 13.9. The summed E-state index contributed by atoms with van der Waals surface area (Å²) in [5.41, 5.74) is 1.07. The lowest BCUT2D eigenvalue weighted by molar-refractivity contribution is -0.219. The van der Waals surface area contributed by atoms with E-state index in [1.165, 1.54) is 5.39 Å². The zero-order valence-electron chi connectivity index (χ0n) is 13.9. The standard InChI is InChI=1S/C21H19NO3/c23-20-21(24-14-17-8-4-12-22(17)20)11-10-18(25-21)13-16-7-3-6-15-5-1-2-9-19(15)16/h1-3,5-7,9-11,13,17H,4,8,12,14H2/b18-13-/t17-,21-/m0/s1. The number of rotatable bonds is 1. The van der Waals surface area contributed by atoms with Gasteiger partial charge in [-0.25, -0.2) is 0 Å². The van der Waals surface area contributed by atoms with Gasteiger partial charge in [-0.05, 0) is 41.3 Å². The van der Waals surface area contributed by atoms with Crippen molar-refractivity contribution in [1.29, 1.82) is 0 Å². The van der Waals surface area contributed by atoms with Gasteiger partial charge in [0.1, 0.15) is 5.76 Å². The number of carbonyl (C=O) groups excluding carboxylic acids is 1. The number of hydrogen-bond donors (Lipinski definition) is 0. The number of allylic oxidation sites excluding steroid dienone is 1. The fraction of sp³-hybridized carbons (Fsp3) is 0.286. The van der Waals surface area contributed by atoms with Gasteiger partial charge < -0.3 is 14.4 Å². The molecule has 0 aromatic heterocycles. The topological polar surface area (TPSA) is 38.8 Å². The molecule has 0 aliphatic carbocycles. The van der Waals surface area contributed by atoms with Crippen LogP contribution in [0.2, 0.25) is 0 Å². The van der Waals surface area contributed by atoms with Crippen LogP contribution in [0.25, 0.3) is 16.8 Å². The van der Waals surface area contributed by atoms with Gasteiger partial charge in [0.05, 0.1) is 12.6 Å². The van der Waals surface area contributed by atoms with Crippen molar-refractivity contribution >= 4 is 22.8 Å². The summed E-state index contributed by atoms with van der Waals surface area (Å²) in [5, 5.41) is 2.34. The molecule has 3 aliphatic heterocycles. The smallest absolute Gasteiger partial charge is 0.311 e. The molecule has 1 amide bonds. The minimum absolute atomic E-state index is 0.0705. The van der Waals surface area contributed by atoms with Gasteiger partial charge >= 0.3 is 5.79 Å². The van der Waals surface area contributed by atoms with Crippen molar-refractivity contribution in [2.24, 2.45) is 0 Å². The SMILES string of the molecule is O=C1N2CCC[C@H]2CO[C@]12C=C/C(=C/c1cccc3ccccc13)O2. The maximum Gasteiger partial charge on any atom is 0.311 e. The number of hydrogen-bond acceptors (Lipinski definition) is 3. The zero-order chi connectivity index (χ0) is 16.9. The average molecular weight is 333 g/mol. The molecular formula is C21H19NO3. The molecule has 4 nitrogen and oxygen atoms in total. The van der Waals surface area contributed by atoms with E-state index in [0.29, 0.717) is 12.4 Å². The Bertz CT molecular complexity index is 911. The highest BCUT2D eigenvalue weighted by molar-refractivity contribution is 5.92. The first-order chi connectivity index (χ1) is 12.3. The molecule has 2 aromatic rings. The Balaban J connectivity index is 1.47. The predicted octanol–water partition coefficient (Wildman–Crippen LogP) is 3.48. The summed E-state index contributed by atoms with van der Waals surface area (Å²) in [5.74, 6) is -0.682. The van der Waals surface area contributed by atoms with E-state index < -0.39 is 5.79 Å². The van der Waals surface area contributed by atoms with Crippen LogP contribution in [0.5, 0.6) is 0 Å². The first-order valence-electron chi connectivity index (χ1n) is 8.78. The summed E-state index contributed by atoms with van der Waals surface area (Å²) < 4.78 is 11.9. The second-order valence-corrected chi connectivity index (χ2v) is 6.82. The summed E-state index contributed by atoms with van der Waals surface area (Å²) in [4.78, 5) is 14.8. The molecule has 0 unspecified atom stereocenters. The molecular weight excluding hydrogens is 314 g/mol. The number of ether oxygens (including phenoxy) is 2. The van der Waals surface area contributed by atoms with Crippen molar-refractivity contribution < 1.29 is 14.3 Å². The Morgan fingerprint density at radius 3 is 3.00 bits per heavy atom. The minimum Gasteiger partial charge on any atom is -0.450 e. The van der Waals surface area contributed by atoms with Crippen LogP contribution in [-0.4, -0.2) is 35.8 Å². The van der Waals surface area contributed by atoms with Crippen LogP contribution in [0.3, 0.4) is 0 Å². The van der Waals surface area contributed by atoms with Gasteiger partial charge in [0.15, 0.2) is 0 Å². The van der Waals surface area contributed by atoms with Crippen molar-refractivity contribution in [2.45, 2.75) is 24.7 Å². The van der Waals surface area contributed by atoms with Crippen LogP contribution < -0.4 is 0 Å². The number of fused-ring (bicyclic) bond motifs is 2. The number of nitrogens with zero attached hydrogens (tertiary/aromatic N) is 1. The van der Waals surface area contributed by atoms with Crippen LogP contribution in [0.15, 0.2) is 60.4 Å². The molecule has 0 radical (unpaired) electrons. The largest absolute Gasteiger partial charge is 0.450 e. The fourth-order valence-corrected chi connectivity index (χ4v) is 3.99. The van der Waals surface area contributed by atoms with E-state index in [4.69, 9.17) is 9.47 Å². The van der Waals surface area contributed by atoms with Gasteiger partial charge in [-0.1, -0.05) is 42.5 Å². The number of benzene rings is 2. The molecule has 5 rings (SSSR count). The van der Waals surface area contributed by atoms with Gasteiger partial charge in [0.25, 0.3) is 5.91 Å². The molecule has 1 spiro atoms. The van der Waals surface area contributed by atoms with E-state index in [-0.39, 0.29) is 11.9 Å². The summed E-state index contributed by atoms with van der Waals surface area (Å²) in [6.07, 6.45) is 7.62. The van der Waals surface area contributed by atoms with E-state index in [2.05, 4.69) is 24.3 Å². The first-order valence-corrected chi connectivity index (χ1v) is 8.78. The number of carbonyl (C=O) groups is 1. The van der Waals surface area contributed by atoms with Crippen LogP contribution in [-0.2, 0) is 14.3 Å². The van der Waals surface area contributed by atoms with E-state index in [1.807, 2.05) is 35.3 Å².